The van der Waals surface area contributed by atoms with Crippen molar-refractivity contribution in [1.29, 1.82) is 0 Å². The van der Waals surface area contributed by atoms with Crippen molar-refractivity contribution in [2.75, 3.05) is 12.8 Å². The van der Waals surface area contributed by atoms with Crippen LogP contribution in [0, 0.1) is 5.92 Å². The fourth-order valence-corrected chi connectivity index (χ4v) is 1.72. The van der Waals surface area contributed by atoms with Crippen molar-refractivity contribution >= 4 is 15.7 Å². The van der Waals surface area contributed by atoms with E-state index in [2.05, 4.69) is 5.32 Å². The molecule has 0 heterocycles. The minimum Gasteiger partial charge on any atom is -0.353 e. The summed E-state index contributed by atoms with van der Waals surface area (Å²) in [5, 5.41) is 1.57. The molecule has 0 radical (unpaired) electrons. The molecule has 0 bridgehead atoms. The van der Waals surface area contributed by atoms with Crippen LogP contribution in [-0.2, 0) is 14.6 Å². The molecule has 5 nitrogen and oxygen atoms in total. The smallest absolute Gasteiger partial charge is 0.238 e. The summed E-state index contributed by atoms with van der Waals surface area (Å²) >= 11 is 0. The molecule has 1 rings (SSSR count). The SMILES string of the molecule is CC(C(=O)NCC(N)C1CC1)S(C)(=O)=O. The fraction of sp³-hybridized carbons (Fsp3) is 0.889. The van der Waals surface area contributed by atoms with E-state index in [1.165, 1.54) is 6.92 Å². The lowest BCUT2D eigenvalue weighted by Gasteiger charge is -2.14. The van der Waals surface area contributed by atoms with Crippen molar-refractivity contribution in [1.82, 2.24) is 5.32 Å². The van der Waals surface area contributed by atoms with Gasteiger partial charge in [-0.25, -0.2) is 8.42 Å². The van der Waals surface area contributed by atoms with Gasteiger partial charge < -0.3 is 11.1 Å². The monoisotopic (exact) mass is 234 g/mol. The van der Waals surface area contributed by atoms with E-state index >= 15 is 0 Å². The molecule has 1 amide bonds. The highest BCUT2D eigenvalue weighted by atomic mass is 32.2. The van der Waals surface area contributed by atoms with Crippen LogP contribution in [0.4, 0.5) is 0 Å². The molecule has 3 N–H and O–H groups in total. The van der Waals surface area contributed by atoms with Gasteiger partial charge in [0, 0.05) is 18.8 Å². The van der Waals surface area contributed by atoms with E-state index in [1.807, 2.05) is 0 Å². The maximum Gasteiger partial charge on any atom is 0.238 e. The van der Waals surface area contributed by atoms with Gasteiger partial charge in [0.25, 0.3) is 0 Å². The van der Waals surface area contributed by atoms with Gasteiger partial charge in [-0.15, -0.1) is 0 Å². The summed E-state index contributed by atoms with van der Waals surface area (Å²) in [5.41, 5.74) is 5.77. The number of sulfone groups is 1. The zero-order valence-corrected chi connectivity index (χ0v) is 9.88. The molecule has 0 spiro atoms. The molecule has 2 atom stereocenters. The van der Waals surface area contributed by atoms with Crippen molar-refractivity contribution < 1.29 is 13.2 Å². The molecule has 1 aliphatic carbocycles. The van der Waals surface area contributed by atoms with Gasteiger partial charge in [0.1, 0.15) is 5.25 Å². The Balaban J connectivity index is 2.35. The Hall–Kier alpha value is -0.620. The van der Waals surface area contributed by atoms with Gasteiger partial charge in [0.05, 0.1) is 0 Å². The van der Waals surface area contributed by atoms with E-state index in [-0.39, 0.29) is 6.04 Å². The number of nitrogens with two attached hydrogens (primary N) is 1. The molecular formula is C9H18N2O3S. The Morgan fingerprint density at radius 3 is 2.47 bits per heavy atom. The molecule has 1 saturated carbocycles. The standard InChI is InChI=1S/C9H18N2O3S/c1-6(15(2,13)14)9(12)11-5-8(10)7-3-4-7/h6-8H,3-5,10H2,1-2H3,(H,11,12). The van der Waals surface area contributed by atoms with Crippen LogP contribution < -0.4 is 11.1 Å². The Kier molecular flexibility index (Phi) is 3.72. The summed E-state index contributed by atoms with van der Waals surface area (Å²) in [6.45, 7) is 1.75. The van der Waals surface area contributed by atoms with Crippen LogP contribution in [0.1, 0.15) is 19.8 Å². The number of hydrogen-bond acceptors (Lipinski definition) is 4. The van der Waals surface area contributed by atoms with E-state index in [4.69, 9.17) is 5.73 Å². The third-order valence-corrected chi connectivity index (χ3v) is 4.25. The minimum absolute atomic E-state index is 0.0410. The Labute approximate surface area is 90.3 Å². The lowest BCUT2D eigenvalue weighted by Crippen LogP contribution is -2.44. The maximum atomic E-state index is 11.4. The van der Waals surface area contributed by atoms with Crippen molar-refractivity contribution in [3.8, 4) is 0 Å². The molecule has 15 heavy (non-hydrogen) atoms. The third kappa shape index (κ3) is 3.79. The number of rotatable bonds is 5. The topological polar surface area (TPSA) is 89.3 Å². The molecule has 0 aromatic heterocycles. The molecular weight excluding hydrogens is 216 g/mol. The second-order valence-corrected chi connectivity index (χ2v) is 6.58. The number of carbonyl (C=O) groups excluding carboxylic acids is 1. The number of nitrogens with one attached hydrogen (secondary N) is 1. The van der Waals surface area contributed by atoms with E-state index in [1.54, 1.807) is 0 Å². The Morgan fingerprint density at radius 1 is 1.53 bits per heavy atom. The number of hydrogen-bond donors (Lipinski definition) is 2. The molecule has 88 valence electrons. The minimum atomic E-state index is -3.31. The zero-order chi connectivity index (χ0) is 11.6. The number of amides is 1. The summed E-state index contributed by atoms with van der Waals surface area (Å²) in [6.07, 6.45) is 3.27. The van der Waals surface area contributed by atoms with Crippen LogP contribution in [-0.4, -0.2) is 38.4 Å². The van der Waals surface area contributed by atoms with Gasteiger partial charge in [0.15, 0.2) is 9.84 Å². The van der Waals surface area contributed by atoms with E-state index in [9.17, 15) is 13.2 Å². The van der Waals surface area contributed by atoms with Crippen LogP contribution in [0.2, 0.25) is 0 Å². The summed E-state index contributed by atoms with van der Waals surface area (Å²) in [4.78, 5) is 11.4. The molecule has 2 unspecified atom stereocenters. The van der Waals surface area contributed by atoms with Crippen molar-refractivity contribution in [3.05, 3.63) is 0 Å². The molecule has 0 aromatic rings. The van der Waals surface area contributed by atoms with Gasteiger partial charge in [-0.3, -0.25) is 4.79 Å². The molecule has 0 saturated heterocycles. The predicted molar refractivity (Wildman–Crippen MR) is 58.0 cm³/mol. The van der Waals surface area contributed by atoms with Crippen LogP contribution in [0.5, 0.6) is 0 Å². The highest BCUT2D eigenvalue weighted by molar-refractivity contribution is 7.92. The van der Waals surface area contributed by atoms with Crippen molar-refractivity contribution in [2.45, 2.75) is 31.1 Å². The third-order valence-electron chi connectivity index (χ3n) is 2.75. The van der Waals surface area contributed by atoms with Gasteiger partial charge in [-0.2, -0.15) is 0 Å². The number of carbonyl (C=O) groups is 1. The summed E-state index contributed by atoms with van der Waals surface area (Å²) in [6, 6.07) is -0.0410. The van der Waals surface area contributed by atoms with Gasteiger partial charge in [-0.05, 0) is 25.7 Å². The average molecular weight is 234 g/mol. The Morgan fingerprint density at radius 2 is 2.07 bits per heavy atom. The summed E-state index contributed by atoms with van der Waals surface area (Å²) in [5.74, 6) is 0.0347. The molecule has 0 aliphatic heterocycles. The molecule has 1 aliphatic rings. The average Bonchev–Trinajstić information content (AvgIpc) is 2.93. The van der Waals surface area contributed by atoms with Gasteiger partial charge in [-0.1, -0.05) is 0 Å². The van der Waals surface area contributed by atoms with E-state index in [0.717, 1.165) is 19.1 Å². The lowest BCUT2D eigenvalue weighted by atomic mass is 10.2. The highest BCUT2D eigenvalue weighted by Crippen LogP contribution is 2.31. The second kappa shape index (κ2) is 4.49. The fourth-order valence-electron chi connectivity index (χ4n) is 1.25. The summed E-state index contributed by atoms with van der Waals surface area (Å²) in [7, 11) is -3.31. The first kappa shape index (κ1) is 12.4. The van der Waals surface area contributed by atoms with Crippen LogP contribution in [0.15, 0.2) is 0 Å². The molecule has 6 heteroatoms. The lowest BCUT2D eigenvalue weighted by molar-refractivity contribution is -0.120. The Bertz CT molecular complexity index is 335. The van der Waals surface area contributed by atoms with Crippen LogP contribution in [0.3, 0.4) is 0 Å². The van der Waals surface area contributed by atoms with Crippen LogP contribution in [0.25, 0.3) is 0 Å². The predicted octanol–water partition coefficient (Wildman–Crippen LogP) is -0.727. The normalized spacial score (nSPS) is 20.7. The maximum absolute atomic E-state index is 11.4. The van der Waals surface area contributed by atoms with E-state index in [0.29, 0.717) is 12.5 Å². The van der Waals surface area contributed by atoms with Crippen LogP contribution >= 0.6 is 0 Å². The van der Waals surface area contributed by atoms with Gasteiger partial charge in [0.2, 0.25) is 5.91 Å². The first-order valence-corrected chi connectivity index (χ1v) is 7.00. The quantitative estimate of drug-likeness (QED) is 0.656. The summed E-state index contributed by atoms with van der Waals surface area (Å²) < 4.78 is 22.1. The highest BCUT2D eigenvalue weighted by Gasteiger charge is 2.30. The first-order chi connectivity index (χ1) is 6.82. The second-order valence-electron chi connectivity index (χ2n) is 4.22. The molecule has 1 fully saturated rings. The largest absolute Gasteiger partial charge is 0.353 e. The van der Waals surface area contributed by atoms with E-state index < -0.39 is 21.0 Å². The first-order valence-electron chi connectivity index (χ1n) is 5.04. The van der Waals surface area contributed by atoms with Gasteiger partial charge >= 0.3 is 0 Å². The van der Waals surface area contributed by atoms with Crippen molar-refractivity contribution in [3.63, 3.8) is 0 Å². The molecule has 0 aromatic carbocycles. The zero-order valence-electron chi connectivity index (χ0n) is 9.06. The van der Waals surface area contributed by atoms with Crippen molar-refractivity contribution in [2.24, 2.45) is 11.7 Å².